The molecule has 0 radical (unpaired) electrons. The lowest BCUT2D eigenvalue weighted by Crippen LogP contribution is -2.15. The van der Waals surface area contributed by atoms with Gasteiger partial charge in [0.15, 0.2) is 0 Å². The van der Waals surface area contributed by atoms with Gasteiger partial charge < -0.3 is 10.6 Å². The molecule has 0 aliphatic rings. The maximum absolute atomic E-state index is 5.90. The molecule has 0 aliphatic heterocycles. The lowest BCUT2D eigenvalue weighted by Gasteiger charge is -2.18. The first-order valence-electron chi connectivity index (χ1n) is 4.96. The van der Waals surface area contributed by atoms with E-state index >= 15 is 0 Å². The summed E-state index contributed by atoms with van der Waals surface area (Å²) in [4.78, 5) is 3.40. The first-order chi connectivity index (χ1) is 7.65. The third-order valence-corrected chi connectivity index (χ3v) is 3.55. The number of thiophene rings is 1. The Kier molecular flexibility index (Phi) is 3.36. The predicted octanol–water partition coefficient (Wildman–Crippen LogP) is 3.62. The summed E-state index contributed by atoms with van der Waals surface area (Å²) in [6.45, 7) is 0.848. The molecule has 16 heavy (non-hydrogen) atoms. The van der Waals surface area contributed by atoms with Gasteiger partial charge >= 0.3 is 0 Å². The van der Waals surface area contributed by atoms with E-state index in [9.17, 15) is 0 Å². The van der Waals surface area contributed by atoms with Gasteiger partial charge in [0, 0.05) is 23.3 Å². The molecule has 0 bridgehead atoms. The van der Waals surface area contributed by atoms with Crippen LogP contribution in [0.5, 0.6) is 0 Å². The zero-order valence-corrected chi connectivity index (χ0v) is 10.6. The maximum atomic E-state index is 5.90. The Bertz CT molecular complexity index is 481. The molecular formula is C12H13ClN2S. The van der Waals surface area contributed by atoms with Gasteiger partial charge in [-0.3, -0.25) is 0 Å². The molecule has 2 rings (SSSR count). The average molecular weight is 253 g/mol. The summed E-state index contributed by atoms with van der Waals surface area (Å²) in [7, 11) is 2.04. The highest BCUT2D eigenvalue weighted by Gasteiger charge is 2.04. The monoisotopic (exact) mass is 252 g/mol. The lowest BCUT2D eigenvalue weighted by molar-refractivity contribution is 0.941. The number of rotatable bonds is 3. The van der Waals surface area contributed by atoms with Gasteiger partial charge in [0.1, 0.15) is 0 Å². The van der Waals surface area contributed by atoms with Crippen molar-refractivity contribution in [3.05, 3.63) is 45.6 Å². The third kappa shape index (κ3) is 2.68. The van der Waals surface area contributed by atoms with Gasteiger partial charge in [-0.2, -0.15) is 0 Å². The summed E-state index contributed by atoms with van der Waals surface area (Å²) in [5, 5.41) is 0. The van der Waals surface area contributed by atoms with Crippen LogP contribution in [0.15, 0.2) is 36.4 Å². The second-order valence-corrected chi connectivity index (χ2v) is 5.46. The molecule has 0 aliphatic carbocycles. The van der Waals surface area contributed by atoms with Crippen LogP contribution in [0.2, 0.25) is 4.34 Å². The van der Waals surface area contributed by atoms with Crippen molar-refractivity contribution in [2.24, 2.45) is 0 Å². The molecule has 1 aromatic carbocycles. The zero-order valence-electron chi connectivity index (χ0n) is 8.98. The third-order valence-electron chi connectivity index (χ3n) is 2.33. The van der Waals surface area contributed by atoms with E-state index in [0.717, 1.165) is 22.3 Å². The molecule has 0 fully saturated rings. The minimum absolute atomic E-state index is 0.786. The zero-order chi connectivity index (χ0) is 11.5. The van der Waals surface area contributed by atoms with E-state index in [0.29, 0.717) is 0 Å². The number of nitrogens with zero attached hydrogens (tertiary/aromatic N) is 1. The van der Waals surface area contributed by atoms with Crippen LogP contribution in [0.3, 0.4) is 0 Å². The van der Waals surface area contributed by atoms with E-state index in [4.69, 9.17) is 17.3 Å². The largest absolute Gasteiger partial charge is 0.399 e. The Morgan fingerprint density at radius 3 is 2.75 bits per heavy atom. The molecule has 4 heteroatoms. The molecule has 0 saturated carbocycles. The molecule has 0 spiro atoms. The fourth-order valence-electron chi connectivity index (χ4n) is 1.52. The molecule has 2 aromatic rings. The van der Waals surface area contributed by atoms with Gasteiger partial charge in [-0.25, -0.2) is 0 Å². The van der Waals surface area contributed by atoms with Gasteiger partial charge in [-0.05, 0) is 30.3 Å². The lowest BCUT2D eigenvalue weighted by atomic mass is 10.2. The van der Waals surface area contributed by atoms with Crippen LogP contribution >= 0.6 is 22.9 Å². The summed E-state index contributed by atoms with van der Waals surface area (Å²) in [6, 6.07) is 11.8. The van der Waals surface area contributed by atoms with Gasteiger partial charge in [0.2, 0.25) is 0 Å². The number of hydrogen-bond donors (Lipinski definition) is 1. The van der Waals surface area contributed by atoms with Crippen molar-refractivity contribution in [3.63, 3.8) is 0 Å². The topological polar surface area (TPSA) is 29.3 Å². The number of benzene rings is 1. The predicted molar refractivity (Wildman–Crippen MR) is 72.3 cm³/mol. The second-order valence-electron chi connectivity index (χ2n) is 3.66. The molecule has 2 nitrogen and oxygen atoms in total. The fourth-order valence-corrected chi connectivity index (χ4v) is 2.67. The summed E-state index contributed by atoms with van der Waals surface area (Å²) in [6.07, 6.45) is 0. The van der Waals surface area contributed by atoms with Crippen LogP contribution in [-0.4, -0.2) is 7.05 Å². The number of hydrogen-bond acceptors (Lipinski definition) is 3. The minimum atomic E-state index is 0.786. The average Bonchev–Trinajstić information content (AvgIpc) is 2.64. The Balaban J connectivity index is 2.11. The summed E-state index contributed by atoms with van der Waals surface area (Å²) in [5.74, 6) is 0. The number of anilines is 2. The molecule has 0 saturated heterocycles. The van der Waals surface area contributed by atoms with Gasteiger partial charge in [-0.1, -0.05) is 17.7 Å². The van der Waals surface area contributed by atoms with Crippen LogP contribution in [-0.2, 0) is 6.54 Å². The van der Waals surface area contributed by atoms with E-state index in [-0.39, 0.29) is 0 Å². The number of nitrogens with two attached hydrogens (primary N) is 1. The molecule has 1 heterocycles. The molecular weight excluding hydrogens is 240 g/mol. The molecule has 2 N–H and O–H groups in total. The van der Waals surface area contributed by atoms with E-state index in [1.165, 1.54) is 4.88 Å². The van der Waals surface area contributed by atoms with Crippen LogP contribution in [0.25, 0.3) is 0 Å². The van der Waals surface area contributed by atoms with Crippen molar-refractivity contribution in [3.8, 4) is 0 Å². The summed E-state index contributed by atoms with van der Waals surface area (Å²) in [5.41, 5.74) is 7.65. The van der Waals surface area contributed by atoms with Crippen LogP contribution in [0.4, 0.5) is 11.4 Å². The van der Waals surface area contributed by atoms with Crippen LogP contribution in [0.1, 0.15) is 4.88 Å². The number of nitrogen functional groups attached to an aromatic ring is 1. The Morgan fingerprint density at radius 2 is 2.12 bits per heavy atom. The van der Waals surface area contributed by atoms with E-state index in [1.54, 1.807) is 11.3 Å². The first-order valence-corrected chi connectivity index (χ1v) is 6.15. The van der Waals surface area contributed by atoms with Gasteiger partial charge in [-0.15, -0.1) is 11.3 Å². The Labute approximate surface area is 104 Å². The SMILES string of the molecule is CN(Cc1ccc(Cl)s1)c1cccc(N)c1. The van der Waals surface area contributed by atoms with Gasteiger partial charge in [0.05, 0.1) is 10.9 Å². The van der Waals surface area contributed by atoms with Crippen LogP contribution in [0, 0.1) is 0 Å². The van der Waals surface area contributed by atoms with E-state index < -0.39 is 0 Å². The van der Waals surface area contributed by atoms with Crippen LogP contribution < -0.4 is 10.6 Å². The minimum Gasteiger partial charge on any atom is -0.399 e. The van der Waals surface area contributed by atoms with Crippen molar-refractivity contribution < 1.29 is 0 Å². The standard InChI is InChI=1S/C12H13ClN2S/c1-15(8-11-5-6-12(13)16-11)10-4-2-3-9(14)7-10/h2-7H,8,14H2,1H3. The molecule has 0 atom stereocenters. The fraction of sp³-hybridized carbons (Fsp3) is 0.167. The Morgan fingerprint density at radius 1 is 1.31 bits per heavy atom. The Hall–Kier alpha value is -1.19. The highest BCUT2D eigenvalue weighted by Crippen LogP contribution is 2.24. The van der Waals surface area contributed by atoms with Gasteiger partial charge in [0.25, 0.3) is 0 Å². The first kappa shape index (κ1) is 11.3. The van der Waals surface area contributed by atoms with E-state index in [1.807, 2.05) is 37.4 Å². The number of halogens is 1. The van der Waals surface area contributed by atoms with Crippen molar-refractivity contribution in [1.82, 2.24) is 0 Å². The second kappa shape index (κ2) is 4.76. The summed E-state index contributed by atoms with van der Waals surface area (Å²) >= 11 is 7.50. The van der Waals surface area contributed by atoms with Crippen molar-refractivity contribution >= 4 is 34.3 Å². The molecule has 0 unspecified atom stereocenters. The normalized spacial score (nSPS) is 10.4. The smallest absolute Gasteiger partial charge is 0.0931 e. The van der Waals surface area contributed by atoms with Crippen molar-refractivity contribution in [1.29, 1.82) is 0 Å². The van der Waals surface area contributed by atoms with Crippen molar-refractivity contribution in [2.75, 3.05) is 17.7 Å². The molecule has 0 amide bonds. The van der Waals surface area contributed by atoms with Crippen molar-refractivity contribution in [2.45, 2.75) is 6.54 Å². The molecule has 1 aromatic heterocycles. The molecule has 84 valence electrons. The van der Waals surface area contributed by atoms with E-state index in [2.05, 4.69) is 11.0 Å². The highest BCUT2D eigenvalue weighted by atomic mass is 35.5. The maximum Gasteiger partial charge on any atom is 0.0931 e. The highest BCUT2D eigenvalue weighted by molar-refractivity contribution is 7.16. The quantitative estimate of drug-likeness (QED) is 0.846. The summed E-state index contributed by atoms with van der Waals surface area (Å²) < 4.78 is 0.830.